The predicted octanol–water partition coefficient (Wildman–Crippen LogP) is 4.33. The molecule has 10 heteroatoms. The molecule has 2 aromatic carbocycles. The first-order valence-electron chi connectivity index (χ1n) is 12.7. The smallest absolute Gasteiger partial charge is 0.410 e. The number of aromatic nitrogens is 2. The first-order valence-corrected chi connectivity index (χ1v) is 13.1. The van der Waals surface area contributed by atoms with Gasteiger partial charge >= 0.3 is 6.09 Å². The van der Waals surface area contributed by atoms with E-state index in [0.29, 0.717) is 54.6 Å². The number of hydrogen-bond donors (Lipinski definition) is 0. The van der Waals surface area contributed by atoms with Gasteiger partial charge in [0, 0.05) is 44.8 Å². The van der Waals surface area contributed by atoms with Crippen molar-refractivity contribution < 1.29 is 14.3 Å². The van der Waals surface area contributed by atoms with Gasteiger partial charge in [-0.15, -0.1) is 0 Å². The van der Waals surface area contributed by atoms with E-state index in [0.717, 1.165) is 5.56 Å². The lowest BCUT2D eigenvalue weighted by Crippen LogP contribution is -2.54. The summed E-state index contributed by atoms with van der Waals surface area (Å²) in [6.45, 7) is 9.23. The van der Waals surface area contributed by atoms with Gasteiger partial charge in [0.25, 0.3) is 5.56 Å². The van der Waals surface area contributed by atoms with Crippen LogP contribution in [0.3, 0.4) is 0 Å². The third-order valence-corrected chi connectivity index (χ3v) is 6.74. The molecular weight excluding hydrogens is 506 g/mol. The topological polar surface area (TPSA) is 88.0 Å². The number of likely N-dealkylation sites (N-methyl/N-ethyl adjacent to an activating group) is 1. The monoisotopic (exact) mass is 539 g/mol. The molecule has 2 amide bonds. The Morgan fingerprint density at radius 2 is 1.68 bits per heavy atom. The van der Waals surface area contributed by atoms with Crippen LogP contribution in [-0.2, 0) is 16.1 Å². The van der Waals surface area contributed by atoms with E-state index in [1.165, 1.54) is 0 Å². The van der Waals surface area contributed by atoms with Gasteiger partial charge in [0.2, 0.25) is 11.9 Å². The lowest BCUT2D eigenvalue weighted by Gasteiger charge is -2.39. The average molecular weight is 540 g/mol. The fraction of sp³-hybridized carbons (Fsp3) is 0.429. The molecule has 1 aliphatic heterocycles. The van der Waals surface area contributed by atoms with Gasteiger partial charge in [0.1, 0.15) is 11.6 Å². The first-order chi connectivity index (χ1) is 18.0. The number of anilines is 1. The summed E-state index contributed by atoms with van der Waals surface area (Å²) in [4.78, 5) is 49.8. The summed E-state index contributed by atoms with van der Waals surface area (Å²) >= 11 is 6.14. The third-order valence-electron chi connectivity index (χ3n) is 6.51. The molecule has 0 aliphatic carbocycles. The van der Waals surface area contributed by atoms with E-state index in [4.69, 9.17) is 21.3 Å². The number of rotatable bonds is 5. The lowest BCUT2D eigenvalue weighted by atomic mass is 10.0. The highest BCUT2D eigenvalue weighted by Gasteiger charge is 2.35. The van der Waals surface area contributed by atoms with Crippen LogP contribution >= 0.6 is 11.6 Å². The van der Waals surface area contributed by atoms with Gasteiger partial charge in [0.05, 0.1) is 10.9 Å². The van der Waals surface area contributed by atoms with E-state index >= 15 is 0 Å². The highest BCUT2D eigenvalue weighted by Crippen LogP contribution is 2.28. The van der Waals surface area contributed by atoms with Gasteiger partial charge in [-0.2, -0.15) is 0 Å². The molecule has 0 unspecified atom stereocenters. The van der Waals surface area contributed by atoms with E-state index < -0.39 is 11.6 Å². The molecule has 202 valence electrons. The van der Waals surface area contributed by atoms with Crippen molar-refractivity contribution >= 4 is 40.5 Å². The summed E-state index contributed by atoms with van der Waals surface area (Å²) in [5.41, 5.74) is 0.490. The Hall–Kier alpha value is -3.59. The van der Waals surface area contributed by atoms with Gasteiger partial charge in [-0.25, -0.2) is 9.78 Å². The number of halogens is 1. The number of piperazine rings is 1. The van der Waals surface area contributed by atoms with Crippen LogP contribution in [0.1, 0.15) is 39.3 Å². The minimum atomic E-state index is -0.723. The zero-order valence-corrected chi connectivity index (χ0v) is 23.2. The van der Waals surface area contributed by atoms with Gasteiger partial charge in [-0.3, -0.25) is 14.2 Å². The fourth-order valence-corrected chi connectivity index (χ4v) is 4.80. The van der Waals surface area contributed by atoms with Crippen LogP contribution in [0.4, 0.5) is 10.7 Å². The van der Waals surface area contributed by atoms with Crippen LogP contribution in [-0.4, -0.2) is 70.2 Å². The van der Waals surface area contributed by atoms with E-state index in [1.54, 1.807) is 44.5 Å². The van der Waals surface area contributed by atoms with E-state index in [-0.39, 0.29) is 17.6 Å². The second kappa shape index (κ2) is 11.0. The molecule has 0 radical (unpaired) electrons. The summed E-state index contributed by atoms with van der Waals surface area (Å²) in [7, 11) is 1.78. The first kappa shape index (κ1) is 27.4. The van der Waals surface area contributed by atoms with E-state index in [1.807, 2.05) is 58.0 Å². The van der Waals surface area contributed by atoms with Crippen molar-refractivity contribution in [1.82, 2.24) is 19.4 Å². The van der Waals surface area contributed by atoms with E-state index in [9.17, 15) is 14.4 Å². The van der Waals surface area contributed by atoms with Crippen molar-refractivity contribution in [3.05, 3.63) is 69.5 Å². The van der Waals surface area contributed by atoms with Crippen LogP contribution in [0.5, 0.6) is 0 Å². The number of nitrogens with zero attached hydrogens (tertiary/aromatic N) is 5. The Balaban J connectivity index is 1.66. The molecule has 1 aliphatic rings. The molecule has 0 N–H and O–H groups in total. The van der Waals surface area contributed by atoms with Gasteiger partial charge < -0.3 is 19.4 Å². The fourth-order valence-electron chi connectivity index (χ4n) is 4.63. The van der Waals surface area contributed by atoms with Crippen molar-refractivity contribution in [2.45, 2.75) is 45.9 Å². The van der Waals surface area contributed by atoms with Crippen molar-refractivity contribution in [3.63, 3.8) is 0 Å². The van der Waals surface area contributed by atoms with E-state index in [2.05, 4.69) is 0 Å². The predicted molar refractivity (Wildman–Crippen MR) is 149 cm³/mol. The standard InChI is InChI=1S/C28H34ClN5O4/c1-6-34-24(35)21-18-20(29)12-13-22(21)30-26(34)31(5)23(19-10-8-7-9-11-19)25(36)32-14-16-33(17-15-32)27(37)38-28(2,3)4/h7-13,18,23H,6,14-17H2,1-5H3/t23-/m1/s1. The molecule has 0 bridgehead atoms. The maximum Gasteiger partial charge on any atom is 0.410 e. The quantitative estimate of drug-likeness (QED) is 0.479. The average Bonchev–Trinajstić information content (AvgIpc) is 2.88. The van der Waals surface area contributed by atoms with Crippen LogP contribution in [0.2, 0.25) is 5.02 Å². The van der Waals surface area contributed by atoms with Crippen LogP contribution in [0, 0.1) is 0 Å². The summed E-state index contributed by atoms with van der Waals surface area (Å²) in [6, 6.07) is 13.7. The number of fused-ring (bicyclic) bond motifs is 1. The van der Waals surface area contributed by atoms with Crippen LogP contribution in [0.25, 0.3) is 10.9 Å². The molecule has 1 atom stereocenters. The summed E-state index contributed by atoms with van der Waals surface area (Å²) < 4.78 is 7.05. The Labute approximate surface area is 227 Å². The number of ether oxygens (including phenoxy) is 1. The van der Waals surface area contributed by atoms with Crippen LogP contribution < -0.4 is 10.5 Å². The molecule has 9 nitrogen and oxygen atoms in total. The number of hydrogen-bond acceptors (Lipinski definition) is 6. The third kappa shape index (κ3) is 5.78. The number of carbonyl (C=O) groups excluding carboxylic acids is 2. The van der Waals surface area contributed by atoms with Crippen molar-refractivity contribution in [2.24, 2.45) is 0 Å². The molecule has 2 heterocycles. The Bertz CT molecular complexity index is 1380. The zero-order valence-electron chi connectivity index (χ0n) is 22.5. The van der Waals surface area contributed by atoms with Gasteiger partial charge in [-0.05, 0) is 51.5 Å². The molecule has 1 aromatic heterocycles. The molecule has 4 rings (SSSR count). The maximum absolute atomic E-state index is 14.0. The van der Waals surface area contributed by atoms with Crippen molar-refractivity contribution in [2.75, 3.05) is 38.1 Å². The van der Waals surface area contributed by atoms with Crippen molar-refractivity contribution in [3.8, 4) is 0 Å². The Morgan fingerprint density at radius 1 is 1.05 bits per heavy atom. The molecule has 38 heavy (non-hydrogen) atoms. The number of amides is 2. The summed E-state index contributed by atoms with van der Waals surface area (Å²) in [5.74, 6) is 0.262. The minimum absolute atomic E-state index is 0.129. The maximum atomic E-state index is 14.0. The highest BCUT2D eigenvalue weighted by atomic mass is 35.5. The molecule has 1 fully saturated rings. The van der Waals surface area contributed by atoms with Crippen LogP contribution in [0.15, 0.2) is 53.3 Å². The van der Waals surface area contributed by atoms with Gasteiger partial charge in [0.15, 0.2) is 0 Å². The zero-order chi connectivity index (χ0) is 27.6. The number of benzene rings is 2. The minimum Gasteiger partial charge on any atom is -0.444 e. The molecule has 1 saturated heterocycles. The normalized spacial score (nSPS) is 14.9. The summed E-state index contributed by atoms with van der Waals surface area (Å²) in [6.07, 6.45) is -0.381. The molecule has 0 spiro atoms. The molecule has 3 aromatic rings. The SMILES string of the molecule is CCn1c(N(C)[C@@H](C(=O)N2CCN(C(=O)OC(C)(C)C)CC2)c2ccccc2)nc2ccc(Cl)cc2c1=O. The summed E-state index contributed by atoms with van der Waals surface area (Å²) in [5, 5.41) is 0.889. The second-order valence-corrected chi connectivity index (χ2v) is 10.8. The largest absolute Gasteiger partial charge is 0.444 e. The Morgan fingerprint density at radius 3 is 2.29 bits per heavy atom. The lowest BCUT2D eigenvalue weighted by molar-refractivity contribution is -0.134. The molecule has 0 saturated carbocycles. The highest BCUT2D eigenvalue weighted by molar-refractivity contribution is 6.31. The van der Waals surface area contributed by atoms with Crippen molar-refractivity contribution in [1.29, 1.82) is 0 Å². The second-order valence-electron chi connectivity index (χ2n) is 10.3. The Kier molecular flexibility index (Phi) is 7.97. The van der Waals surface area contributed by atoms with Gasteiger partial charge in [-0.1, -0.05) is 41.9 Å². The molecular formula is C28H34ClN5O4. The number of carbonyl (C=O) groups is 2.